The molecule has 0 saturated carbocycles. The number of carbonyl (C=O) groups excluding carboxylic acids is 1. The van der Waals surface area contributed by atoms with Gasteiger partial charge in [-0.25, -0.2) is 19.9 Å². The van der Waals surface area contributed by atoms with Crippen molar-refractivity contribution in [3.8, 4) is 11.5 Å². The number of fused-ring (bicyclic) bond motifs is 4. The smallest absolute Gasteiger partial charge is 0.246 e. The lowest BCUT2D eigenvalue weighted by molar-refractivity contribution is -0.126. The average molecular weight is 547 g/mol. The fraction of sp³-hybridized carbons (Fsp3) is 0.258. The molecule has 1 N–H and O–H groups in total. The van der Waals surface area contributed by atoms with Gasteiger partial charge in [-0.1, -0.05) is 6.58 Å². The Hall–Kier alpha value is -4.99. The van der Waals surface area contributed by atoms with Crippen LogP contribution in [0.4, 0.5) is 17.3 Å². The number of hydrogen-bond acceptors (Lipinski definition) is 8. The maximum atomic E-state index is 12.2. The topological polar surface area (TPSA) is 101 Å². The molecule has 10 nitrogen and oxygen atoms in total. The third-order valence-corrected chi connectivity index (χ3v) is 8.06. The summed E-state index contributed by atoms with van der Waals surface area (Å²) in [4.78, 5) is 34.9. The van der Waals surface area contributed by atoms with Gasteiger partial charge < -0.3 is 24.4 Å². The van der Waals surface area contributed by atoms with E-state index in [2.05, 4.69) is 31.7 Å². The van der Waals surface area contributed by atoms with Crippen LogP contribution in [0.2, 0.25) is 0 Å². The number of ether oxygens (including phenoxy) is 1. The Labute approximate surface area is 237 Å². The Kier molecular flexibility index (Phi) is 6.03. The van der Waals surface area contributed by atoms with Crippen LogP contribution in [0.3, 0.4) is 0 Å². The standard InChI is InChI=1S/C31H30N8O2/c1-4-29(40)38-15-21-6-7-22(16-38)39(21)28-12-9-24-30(36-28)31(33-17-32-24)35-20-5-11-27(19(2)13-20)41-23-8-10-26-25(14-23)34-18-37(26)3/h4-5,8-14,17-18,21-22H,1,6-7,15-16H2,2-3H3,(H,32,33,35). The zero-order valence-corrected chi connectivity index (χ0v) is 23.0. The first-order valence-electron chi connectivity index (χ1n) is 13.7. The molecule has 3 aromatic heterocycles. The molecule has 1 amide bonds. The molecule has 2 saturated heterocycles. The van der Waals surface area contributed by atoms with Crippen LogP contribution in [0.1, 0.15) is 18.4 Å². The van der Waals surface area contributed by atoms with Crippen molar-refractivity contribution in [3.63, 3.8) is 0 Å². The molecule has 206 valence electrons. The molecule has 0 radical (unpaired) electrons. The number of carbonyl (C=O) groups is 1. The molecule has 2 aromatic carbocycles. The number of rotatable bonds is 6. The van der Waals surface area contributed by atoms with Crippen LogP contribution in [0, 0.1) is 6.92 Å². The lowest BCUT2D eigenvalue weighted by Gasteiger charge is -2.41. The molecule has 41 heavy (non-hydrogen) atoms. The van der Waals surface area contributed by atoms with E-state index in [0.29, 0.717) is 24.4 Å². The van der Waals surface area contributed by atoms with E-state index in [1.807, 2.05) is 72.0 Å². The molecule has 2 aliphatic rings. The van der Waals surface area contributed by atoms with Crippen LogP contribution < -0.4 is 15.0 Å². The quantitative estimate of drug-likeness (QED) is 0.293. The van der Waals surface area contributed by atoms with Gasteiger partial charge >= 0.3 is 0 Å². The lowest BCUT2D eigenvalue weighted by atomic mass is 10.1. The Morgan fingerprint density at radius 3 is 2.63 bits per heavy atom. The minimum Gasteiger partial charge on any atom is -0.457 e. The van der Waals surface area contributed by atoms with Crippen molar-refractivity contribution >= 4 is 45.3 Å². The van der Waals surface area contributed by atoms with E-state index in [-0.39, 0.29) is 18.0 Å². The highest BCUT2D eigenvalue weighted by Gasteiger charge is 2.41. The summed E-state index contributed by atoms with van der Waals surface area (Å²) >= 11 is 0. The number of imidazole rings is 1. The van der Waals surface area contributed by atoms with E-state index in [0.717, 1.165) is 58.0 Å². The minimum atomic E-state index is -0.00566. The predicted molar refractivity (Wildman–Crippen MR) is 159 cm³/mol. The SMILES string of the molecule is C=CC(=O)N1CC2CCC(C1)N2c1ccc2ncnc(Nc3ccc(Oc4ccc5c(c4)ncn5C)c(C)c3)c2n1. The maximum Gasteiger partial charge on any atom is 0.246 e. The van der Waals surface area contributed by atoms with Crippen molar-refractivity contribution in [2.75, 3.05) is 23.3 Å². The first kappa shape index (κ1) is 25.0. The number of hydrogen-bond donors (Lipinski definition) is 1. The Balaban J connectivity index is 1.13. The zero-order valence-electron chi connectivity index (χ0n) is 23.0. The van der Waals surface area contributed by atoms with Crippen LogP contribution in [0.5, 0.6) is 11.5 Å². The van der Waals surface area contributed by atoms with Crippen molar-refractivity contribution in [1.82, 2.24) is 29.4 Å². The van der Waals surface area contributed by atoms with Crippen LogP contribution in [-0.2, 0) is 11.8 Å². The summed E-state index contributed by atoms with van der Waals surface area (Å²) in [5.74, 6) is 3.02. The monoisotopic (exact) mass is 546 g/mol. The summed E-state index contributed by atoms with van der Waals surface area (Å²) in [6.45, 7) is 7.03. The zero-order chi connectivity index (χ0) is 28.1. The molecular weight excluding hydrogens is 516 g/mol. The largest absolute Gasteiger partial charge is 0.457 e. The minimum absolute atomic E-state index is 0.00566. The van der Waals surface area contributed by atoms with Crippen LogP contribution in [0.25, 0.3) is 22.1 Å². The number of likely N-dealkylation sites (tertiary alicyclic amines) is 1. The van der Waals surface area contributed by atoms with Crippen LogP contribution in [0.15, 0.2) is 73.8 Å². The van der Waals surface area contributed by atoms with Gasteiger partial charge in [-0.15, -0.1) is 0 Å². The van der Waals surface area contributed by atoms with E-state index in [4.69, 9.17) is 9.72 Å². The van der Waals surface area contributed by atoms with Gasteiger partial charge in [-0.3, -0.25) is 4.79 Å². The fourth-order valence-electron chi connectivity index (χ4n) is 6.04. The fourth-order valence-corrected chi connectivity index (χ4v) is 6.04. The second kappa shape index (κ2) is 9.88. The average Bonchev–Trinajstić information content (AvgIpc) is 3.48. The molecule has 2 aliphatic heterocycles. The van der Waals surface area contributed by atoms with E-state index < -0.39 is 0 Å². The third-order valence-electron chi connectivity index (χ3n) is 8.06. The van der Waals surface area contributed by atoms with Gasteiger partial charge in [-0.2, -0.15) is 0 Å². The number of amides is 1. The summed E-state index contributed by atoms with van der Waals surface area (Å²) in [5, 5.41) is 3.44. The number of aryl methyl sites for hydroxylation is 2. The highest BCUT2D eigenvalue weighted by molar-refractivity contribution is 5.89. The molecule has 2 bridgehead atoms. The van der Waals surface area contributed by atoms with Gasteiger partial charge in [0.25, 0.3) is 0 Å². The van der Waals surface area contributed by atoms with Crippen molar-refractivity contribution in [2.45, 2.75) is 31.8 Å². The molecule has 5 aromatic rings. The molecule has 10 heteroatoms. The van der Waals surface area contributed by atoms with Gasteiger partial charge in [0.1, 0.15) is 29.2 Å². The second-order valence-corrected chi connectivity index (χ2v) is 10.7. The van der Waals surface area contributed by atoms with Crippen LogP contribution in [-0.4, -0.2) is 60.5 Å². The van der Waals surface area contributed by atoms with Gasteiger partial charge in [0.2, 0.25) is 5.91 Å². The molecule has 0 aliphatic carbocycles. The van der Waals surface area contributed by atoms with Gasteiger partial charge in [0, 0.05) is 44.0 Å². The highest BCUT2D eigenvalue weighted by Crippen LogP contribution is 2.36. The molecule has 2 atom stereocenters. The first-order valence-corrected chi connectivity index (χ1v) is 13.7. The number of anilines is 3. The summed E-state index contributed by atoms with van der Waals surface area (Å²) in [6.07, 6.45) is 6.81. The highest BCUT2D eigenvalue weighted by atomic mass is 16.5. The van der Waals surface area contributed by atoms with Crippen molar-refractivity contribution in [3.05, 3.63) is 79.4 Å². The Morgan fingerprint density at radius 1 is 1.02 bits per heavy atom. The van der Waals surface area contributed by atoms with Crippen molar-refractivity contribution in [2.24, 2.45) is 7.05 Å². The third kappa shape index (κ3) is 4.51. The van der Waals surface area contributed by atoms with E-state index in [1.54, 1.807) is 12.7 Å². The molecule has 0 spiro atoms. The summed E-state index contributed by atoms with van der Waals surface area (Å²) in [7, 11) is 1.97. The van der Waals surface area contributed by atoms with Crippen LogP contribution >= 0.6 is 0 Å². The van der Waals surface area contributed by atoms with Gasteiger partial charge in [0.15, 0.2) is 5.82 Å². The Morgan fingerprint density at radius 2 is 1.85 bits per heavy atom. The molecule has 2 unspecified atom stereocenters. The number of aromatic nitrogens is 5. The number of pyridine rings is 1. The molecule has 2 fully saturated rings. The maximum absolute atomic E-state index is 12.2. The summed E-state index contributed by atoms with van der Waals surface area (Å²) in [6, 6.07) is 16.3. The summed E-state index contributed by atoms with van der Waals surface area (Å²) < 4.78 is 8.17. The second-order valence-electron chi connectivity index (χ2n) is 10.7. The van der Waals surface area contributed by atoms with E-state index >= 15 is 0 Å². The van der Waals surface area contributed by atoms with E-state index in [1.165, 1.54) is 6.08 Å². The molecule has 5 heterocycles. The Bertz CT molecular complexity index is 1800. The molecular formula is C31H30N8O2. The predicted octanol–water partition coefficient (Wildman–Crippen LogP) is 5.12. The number of nitrogens with one attached hydrogen (secondary N) is 1. The van der Waals surface area contributed by atoms with E-state index in [9.17, 15) is 4.79 Å². The van der Waals surface area contributed by atoms with Crippen molar-refractivity contribution < 1.29 is 9.53 Å². The summed E-state index contributed by atoms with van der Waals surface area (Å²) in [5.41, 5.74) is 5.27. The number of piperazine rings is 1. The molecule has 7 rings (SSSR count). The number of nitrogens with zero attached hydrogens (tertiary/aromatic N) is 7. The van der Waals surface area contributed by atoms with Gasteiger partial charge in [0.05, 0.1) is 22.9 Å². The number of benzene rings is 2. The first-order chi connectivity index (χ1) is 20.0. The van der Waals surface area contributed by atoms with Crippen molar-refractivity contribution in [1.29, 1.82) is 0 Å². The lowest BCUT2D eigenvalue weighted by Crippen LogP contribution is -2.55. The van der Waals surface area contributed by atoms with Gasteiger partial charge in [-0.05, 0) is 73.9 Å². The normalized spacial score (nSPS) is 18.2.